The summed E-state index contributed by atoms with van der Waals surface area (Å²) >= 11 is 13.5. The Morgan fingerprint density at radius 1 is 1.21 bits per heavy atom. The van der Waals surface area contributed by atoms with Gasteiger partial charge in [-0.1, -0.05) is 35.8 Å². The van der Waals surface area contributed by atoms with Crippen LogP contribution in [0, 0.1) is 6.92 Å². The number of benzene rings is 2. The molecule has 0 N–H and O–H groups in total. The Hall–Kier alpha value is -2.57. The highest BCUT2D eigenvalue weighted by atomic mass is 35.5. The van der Waals surface area contributed by atoms with E-state index in [0.29, 0.717) is 47.8 Å². The molecule has 0 bridgehead atoms. The van der Waals surface area contributed by atoms with E-state index in [1.807, 2.05) is 52.0 Å². The molecule has 0 saturated carbocycles. The van der Waals surface area contributed by atoms with E-state index >= 15 is 0 Å². The Kier molecular flexibility index (Phi) is 6.67. The number of amides is 1. The van der Waals surface area contributed by atoms with E-state index in [1.165, 1.54) is 0 Å². The highest BCUT2D eigenvalue weighted by Crippen LogP contribution is 2.48. The topological polar surface area (TPSA) is 51.2 Å². The molecule has 0 aromatic heterocycles. The number of aryl methyl sites for hydroxylation is 1. The van der Waals surface area contributed by atoms with Crippen LogP contribution in [0.25, 0.3) is 16.8 Å². The van der Waals surface area contributed by atoms with Crippen molar-refractivity contribution >= 4 is 35.0 Å². The minimum absolute atomic E-state index is 0.0741. The van der Waals surface area contributed by atoms with E-state index in [0.717, 1.165) is 28.0 Å². The number of nitrogens with zero attached hydrogens (tertiary/aromatic N) is 2. The van der Waals surface area contributed by atoms with Gasteiger partial charge in [0, 0.05) is 42.0 Å². The number of piperazine rings is 1. The monoisotopic (exact) mass is 504 g/mol. The van der Waals surface area contributed by atoms with Crippen LogP contribution in [0.3, 0.4) is 0 Å². The van der Waals surface area contributed by atoms with Gasteiger partial charge >= 0.3 is 6.09 Å². The predicted octanol–water partition coefficient (Wildman–Crippen LogP) is 6.26. The minimum Gasteiger partial charge on any atom is -0.496 e. The van der Waals surface area contributed by atoms with Gasteiger partial charge in [0.2, 0.25) is 0 Å². The second-order valence-corrected chi connectivity index (χ2v) is 10.4. The normalized spacial score (nSPS) is 18.0. The van der Waals surface area contributed by atoms with Gasteiger partial charge in [-0.25, -0.2) is 4.79 Å². The summed E-state index contributed by atoms with van der Waals surface area (Å²) in [4.78, 5) is 16.6. The average Bonchev–Trinajstić information content (AvgIpc) is 2.92. The van der Waals surface area contributed by atoms with Crippen LogP contribution in [0.5, 0.6) is 11.5 Å². The molecule has 0 spiro atoms. The van der Waals surface area contributed by atoms with Gasteiger partial charge in [-0.3, -0.25) is 0 Å². The van der Waals surface area contributed by atoms with Crippen molar-refractivity contribution in [2.75, 3.05) is 33.4 Å². The Morgan fingerprint density at radius 2 is 1.94 bits per heavy atom. The molecule has 4 rings (SSSR count). The van der Waals surface area contributed by atoms with E-state index < -0.39 is 5.60 Å². The average molecular weight is 505 g/mol. The molecule has 2 aromatic carbocycles. The number of ether oxygens (including phenoxy) is 3. The number of methoxy groups -OCH3 is 1. The Balaban J connectivity index is 1.69. The molecule has 2 aliphatic rings. The summed E-state index contributed by atoms with van der Waals surface area (Å²) in [6, 6.07) is 7.42. The number of hydrogen-bond donors (Lipinski definition) is 0. The van der Waals surface area contributed by atoms with Crippen LogP contribution in [0.2, 0.25) is 10.0 Å². The standard InChI is InChI=1S/C26H30Cl2N2O4/c1-15-12-18(22-19(27)8-7-9-20(22)32-6)23(28)24-21(15)16(2)30-11-10-29(13-17(30)14-33-24)25(31)34-26(3,4)5/h7-9,12,17H,2,10-11,13-14H2,1,3-6H3/t17-/m0/s1. The number of carbonyl (C=O) groups is 1. The van der Waals surface area contributed by atoms with Gasteiger partial charge in [0.15, 0.2) is 0 Å². The molecule has 1 atom stereocenters. The highest BCUT2D eigenvalue weighted by molar-refractivity contribution is 6.38. The largest absolute Gasteiger partial charge is 0.496 e. The van der Waals surface area contributed by atoms with Gasteiger partial charge in [-0.15, -0.1) is 0 Å². The number of carbonyl (C=O) groups excluding carboxylic acids is 1. The van der Waals surface area contributed by atoms with Crippen LogP contribution >= 0.6 is 23.2 Å². The first-order valence-corrected chi connectivity index (χ1v) is 12.0. The van der Waals surface area contributed by atoms with Crippen LogP contribution in [0.4, 0.5) is 4.79 Å². The second-order valence-electron chi connectivity index (χ2n) is 9.61. The molecule has 6 nitrogen and oxygen atoms in total. The highest BCUT2D eigenvalue weighted by Gasteiger charge is 2.37. The lowest BCUT2D eigenvalue weighted by Crippen LogP contribution is -2.55. The molecular formula is C26H30Cl2N2O4. The van der Waals surface area contributed by atoms with Crippen molar-refractivity contribution in [3.05, 3.63) is 52.0 Å². The van der Waals surface area contributed by atoms with Crippen molar-refractivity contribution in [1.82, 2.24) is 9.80 Å². The van der Waals surface area contributed by atoms with Crippen LogP contribution in [0.15, 0.2) is 30.8 Å². The third-order valence-corrected chi connectivity index (χ3v) is 6.76. The van der Waals surface area contributed by atoms with Crippen LogP contribution in [0.1, 0.15) is 31.9 Å². The number of fused-ring (bicyclic) bond motifs is 2. The van der Waals surface area contributed by atoms with E-state index in [1.54, 1.807) is 12.0 Å². The summed E-state index contributed by atoms with van der Waals surface area (Å²) in [6.07, 6.45) is -0.318. The lowest BCUT2D eigenvalue weighted by Gasteiger charge is -2.42. The fourth-order valence-electron chi connectivity index (χ4n) is 4.54. The Bertz CT molecular complexity index is 1140. The lowest BCUT2D eigenvalue weighted by molar-refractivity contribution is 0.00803. The Labute approximate surface area is 211 Å². The van der Waals surface area contributed by atoms with E-state index in [4.69, 9.17) is 37.4 Å². The molecule has 1 saturated heterocycles. The van der Waals surface area contributed by atoms with Crippen LogP contribution in [-0.2, 0) is 4.74 Å². The maximum Gasteiger partial charge on any atom is 0.410 e. The lowest BCUT2D eigenvalue weighted by atomic mass is 9.96. The van der Waals surface area contributed by atoms with E-state index in [-0.39, 0.29) is 12.1 Å². The summed E-state index contributed by atoms with van der Waals surface area (Å²) in [5.41, 5.74) is 3.58. The number of hydrogen-bond acceptors (Lipinski definition) is 5. The quantitative estimate of drug-likeness (QED) is 0.482. The third kappa shape index (κ3) is 4.53. The Morgan fingerprint density at radius 3 is 2.62 bits per heavy atom. The second kappa shape index (κ2) is 9.23. The number of rotatable bonds is 2. The predicted molar refractivity (Wildman–Crippen MR) is 136 cm³/mol. The van der Waals surface area contributed by atoms with Gasteiger partial charge in [-0.2, -0.15) is 0 Å². The molecule has 1 amide bonds. The van der Waals surface area contributed by atoms with Crippen LogP contribution in [-0.4, -0.2) is 60.9 Å². The fraction of sp³-hybridized carbons (Fsp3) is 0.423. The molecule has 1 fully saturated rings. The summed E-state index contributed by atoms with van der Waals surface area (Å²) in [5.74, 6) is 1.20. The maximum absolute atomic E-state index is 12.7. The van der Waals surface area contributed by atoms with Gasteiger partial charge in [0.1, 0.15) is 23.7 Å². The van der Waals surface area contributed by atoms with E-state index in [2.05, 4.69) is 11.5 Å². The fourth-order valence-corrected chi connectivity index (χ4v) is 5.11. The third-order valence-electron chi connectivity index (χ3n) is 6.07. The molecule has 0 radical (unpaired) electrons. The smallest absolute Gasteiger partial charge is 0.410 e. The van der Waals surface area contributed by atoms with Crippen molar-refractivity contribution in [1.29, 1.82) is 0 Å². The zero-order valence-corrected chi connectivity index (χ0v) is 21.7. The summed E-state index contributed by atoms with van der Waals surface area (Å²) < 4.78 is 17.4. The molecule has 0 unspecified atom stereocenters. The maximum atomic E-state index is 12.7. The number of halogens is 2. The van der Waals surface area contributed by atoms with Crippen molar-refractivity contribution in [3.63, 3.8) is 0 Å². The van der Waals surface area contributed by atoms with Crippen molar-refractivity contribution in [2.24, 2.45) is 0 Å². The molecular weight excluding hydrogens is 475 g/mol. The molecule has 2 aliphatic heterocycles. The van der Waals surface area contributed by atoms with Crippen molar-refractivity contribution in [2.45, 2.75) is 39.3 Å². The van der Waals surface area contributed by atoms with E-state index in [9.17, 15) is 4.79 Å². The summed E-state index contributed by atoms with van der Waals surface area (Å²) in [6.45, 7) is 14.0. The first-order chi connectivity index (χ1) is 16.0. The first-order valence-electron chi connectivity index (χ1n) is 11.2. The first kappa shape index (κ1) is 24.6. The van der Waals surface area contributed by atoms with Crippen LogP contribution < -0.4 is 9.47 Å². The molecule has 182 valence electrons. The molecule has 8 heteroatoms. The van der Waals surface area contributed by atoms with Gasteiger partial charge < -0.3 is 24.0 Å². The van der Waals surface area contributed by atoms with Crippen molar-refractivity contribution in [3.8, 4) is 22.6 Å². The zero-order chi connectivity index (χ0) is 24.8. The van der Waals surface area contributed by atoms with Gasteiger partial charge in [0.25, 0.3) is 0 Å². The van der Waals surface area contributed by atoms with Gasteiger partial charge in [-0.05, 0) is 51.5 Å². The zero-order valence-electron chi connectivity index (χ0n) is 20.2. The molecule has 2 heterocycles. The molecule has 2 aromatic rings. The minimum atomic E-state index is -0.547. The molecule has 0 aliphatic carbocycles. The van der Waals surface area contributed by atoms with Crippen molar-refractivity contribution < 1.29 is 19.0 Å². The molecule has 34 heavy (non-hydrogen) atoms. The SMILES string of the molecule is C=C1c2c(C)cc(-c3c(Cl)cccc3OC)c(Cl)c2OC[C@@H]2CN(C(=O)OC(C)(C)C)CCN12. The van der Waals surface area contributed by atoms with Gasteiger partial charge in [0.05, 0.1) is 23.2 Å². The summed E-state index contributed by atoms with van der Waals surface area (Å²) in [7, 11) is 1.60. The summed E-state index contributed by atoms with van der Waals surface area (Å²) in [5, 5.41) is 0.996.